The van der Waals surface area contributed by atoms with Crippen molar-refractivity contribution in [2.75, 3.05) is 52.6 Å². The lowest BCUT2D eigenvalue weighted by Crippen LogP contribution is -2.36. The Bertz CT molecular complexity index is 1190. The molecule has 10 heteroatoms. The van der Waals surface area contributed by atoms with E-state index >= 15 is 0 Å². The van der Waals surface area contributed by atoms with Crippen molar-refractivity contribution < 1.29 is 38.1 Å². The lowest BCUT2D eigenvalue weighted by molar-refractivity contribution is -0.150. The Hall–Kier alpha value is -4.02. The summed E-state index contributed by atoms with van der Waals surface area (Å²) in [5.41, 5.74) is 1.86. The van der Waals surface area contributed by atoms with Crippen LogP contribution in [-0.4, -0.2) is 86.3 Å². The van der Waals surface area contributed by atoms with Gasteiger partial charge in [-0.2, -0.15) is 0 Å². The summed E-state index contributed by atoms with van der Waals surface area (Å²) >= 11 is 0. The minimum absolute atomic E-state index is 0.0794. The highest BCUT2D eigenvalue weighted by atomic mass is 16.5. The molecule has 0 unspecified atom stereocenters. The van der Waals surface area contributed by atoms with Gasteiger partial charge < -0.3 is 18.9 Å². The van der Waals surface area contributed by atoms with Gasteiger partial charge in [0, 0.05) is 13.1 Å². The number of esters is 4. The van der Waals surface area contributed by atoms with Gasteiger partial charge in [-0.05, 0) is 60.4 Å². The van der Waals surface area contributed by atoms with E-state index in [0.717, 1.165) is 32.7 Å². The first-order chi connectivity index (χ1) is 20.3. The number of fused-ring (bicyclic) bond motifs is 2. The van der Waals surface area contributed by atoms with Crippen molar-refractivity contribution in [1.29, 1.82) is 0 Å². The number of hydrogen-bond acceptors (Lipinski definition) is 10. The second-order valence-electron chi connectivity index (χ2n) is 9.56. The molecule has 42 heavy (non-hydrogen) atoms. The maximum absolute atomic E-state index is 12.5. The molecule has 3 rings (SSSR count). The Kier molecular flexibility index (Phi) is 12.7. The van der Waals surface area contributed by atoms with Gasteiger partial charge in [-0.25, -0.2) is 0 Å². The first-order valence-electron chi connectivity index (χ1n) is 14.3. The van der Waals surface area contributed by atoms with E-state index in [9.17, 15) is 19.2 Å². The van der Waals surface area contributed by atoms with Crippen LogP contribution in [0.25, 0.3) is 21.5 Å². The predicted molar refractivity (Wildman–Crippen MR) is 159 cm³/mol. The molecule has 10 nitrogen and oxygen atoms in total. The molecule has 0 saturated carbocycles. The second kappa shape index (κ2) is 16.4. The standard InChI is InChI=1S/C32H40N2O8/c1-5-39-29(35)19-33(20-30(36)40-6-2)17-27-23-13-9-11-15-25(23)28(26-16-12-10-14-24(26)27)18-34(21-31(37)41-7-3)22-32(38)42-8-4/h9-16H,5-8,17-22H2,1-4H3. The summed E-state index contributed by atoms with van der Waals surface area (Å²) in [7, 11) is 0. The number of hydrogen-bond donors (Lipinski definition) is 0. The van der Waals surface area contributed by atoms with Gasteiger partial charge in [-0.1, -0.05) is 48.5 Å². The second-order valence-corrected chi connectivity index (χ2v) is 9.56. The van der Waals surface area contributed by atoms with E-state index < -0.39 is 23.9 Å². The molecule has 0 N–H and O–H groups in total. The topological polar surface area (TPSA) is 112 Å². The summed E-state index contributed by atoms with van der Waals surface area (Å²) in [6.45, 7) is 8.15. The van der Waals surface area contributed by atoms with E-state index in [-0.39, 0.29) is 65.7 Å². The Balaban J connectivity index is 2.11. The monoisotopic (exact) mass is 580 g/mol. The third-order valence-electron chi connectivity index (χ3n) is 6.55. The van der Waals surface area contributed by atoms with Crippen LogP contribution in [-0.2, 0) is 51.2 Å². The zero-order valence-electron chi connectivity index (χ0n) is 24.9. The van der Waals surface area contributed by atoms with Crippen molar-refractivity contribution in [3.8, 4) is 0 Å². The summed E-state index contributed by atoms with van der Waals surface area (Å²) in [4.78, 5) is 53.3. The lowest BCUT2D eigenvalue weighted by atomic mass is 9.91. The van der Waals surface area contributed by atoms with Gasteiger partial charge in [0.15, 0.2) is 0 Å². The molecule has 0 amide bonds. The number of carbonyl (C=O) groups excluding carboxylic acids is 4. The minimum Gasteiger partial charge on any atom is -0.465 e. The van der Waals surface area contributed by atoms with E-state index in [0.29, 0.717) is 0 Å². The summed E-state index contributed by atoms with van der Waals surface area (Å²) in [6.07, 6.45) is 0. The smallest absolute Gasteiger partial charge is 0.320 e. The zero-order chi connectivity index (χ0) is 30.5. The third kappa shape index (κ3) is 8.99. The molecule has 3 aromatic rings. The molecule has 0 spiro atoms. The molecule has 0 aromatic heterocycles. The fourth-order valence-corrected chi connectivity index (χ4v) is 4.99. The Morgan fingerprint density at radius 1 is 0.476 bits per heavy atom. The van der Waals surface area contributed by atoms with E-state index in [4.69, 9.17) is 18.9 Å². The van der Waals surface area contributed by atoms with Gasteiger partial charge >= 0.3 is 23.9 Å². The summed E-state index contributed by atoms with van der Waals surface area (Å²) < 4.78 is 20.7. The van der Waals surface area contributed by atoms with Crippen LogP contribution in [0.1, 0.15) is 38.8 Å². The lowest BCUT2D eigenvalue weighted by Gasteiger charge is -2.26. The molecule has 0 fully saturated rings. The fraction of sp³-hybridized carbons (Fsp3) is 0.438. The first-order valence-corrected chi connectivity index (χ1v) is 14.3. The van der Waals surface area contributed by atoms with Crippen molar-refractivity contribution in [3.05, 3.63) is 59.7 Å². The normalized spacial score (nSPS) is 11.2. The van der Waals surface area contributed by atoms with Crippen LogP contribution in [0.3, 0.4) is 0 Å². The number of benzene rings is 3. The summed E-state index contributed by atoms with van der Waals surface area (Å²) in [5, 5.41) is 3.71. The van der Waals surface area contributed by atoms with Crippen LogP contribution < -0.4 is 0 Å². The number of carbonyl (C=O) groups is 4. The van der Waals surface area contributed by atoms with Gasteiger partial charge in [0.1, 0.15) is 0 Å². The van der Waals surface area contributed by atoms with Crippen LogP contribution in [0, 0.1) is 0 Å². The number of nitrogens with zero attached hydrogens (tertiary/aromatic N) is 2. The maximum atomic E-state index is 12.5. The average Bonchev–Trinajstić information content (AvgIpc) is 2.95. The van der Waals surface area contributed by atoms with Crippen LogP contribution >= 0.6 is 0 Å². The molecular weight excluding hydrogens is 540 g/mol. The number of rotatable bonds is 16. The molecule has 0 bridgehead atoms. The van der Waals surface area contributed by atoms with E-state index in [1.165, 1.54) is 0 Å². The SMILES string of the molecule is CCOC(=O)CN(CC(=O)OCC)Cc1c2ccccc2c(CN(CC(=O)OCC)CC(=O)OCC)c2ccccc12. The summed E-state index contributed by atoms with van der Waals surface area (Å²) in [6, 6.07) is 15.7. The van der Waals surface area contributed by atoms with E-state index in [2.05, 4.69) is 0 Å². The molecule has 3 aromatic carbocycles. The van der Waals surface area contributed by atoms with Crippen LogP contribution in [0.2, 0.25) is 0 Å². The average molecular weight is 581 g/mol. The first kappa shape index (κ1) is 32.5. The summed E-state index contributed by atoms with van der Waals surface area (Å²) in [5.74, 6) is -1.72. The highest BCUT2D eigenvalue weighted by Crippen LogP contribution is 2.34. The minimum atomic E-state index is -0.430. The highest BCUT2D eigenvalue weighted by molar-refractivity contribution is 6.06. The van der Waals surface area contributed by atoms with Crippen molar-refractivity contribution in [1.82, 2.24) is 9.80 Å². The van der Waals surface area contributed by atoms with Crippen molar-refractivity contribution in [2.24, 2.45) is 0 Å². The van der Waals surface area contributed by atoms with Gasteiger partial charge in [0.05, 0.1) is 52.6 Å². The third-order valence-corrected chi connectivity index (χ3v) is 6.55. The molecule has 0 aliphatic heterocycles. The molecule has 0 aliphatic carbocycles. The molecular formula is C32H40N2O8. The van der Waals surface area contributed by atoms with Gasteiger partial charge in [0.2, 0.25) is 0 Å². The molecule has 0 saturated heterocycles. The molecule has 226 valence electrons. The Labute approximate surface area is 246 Å². The fourth-order valence-electron chi connectivity index (χ4n) is 4.99. The quantitative estimate of drug-likeness (QED) is 0.141. The maximum Gasteiger partial charge on any atom is 0.320 e. The van der Waals surface area contributed by atoms with E-state index in [1.807, 2.05) is 48.5 Å². The van der Waals surface area contributed by atoms with Crippen LogP contribution in [0.4, 0.5) is 0 Å². The Morgan fingerprint density at radius 2 is 0.714 bits per heavy atom. The largest absolute Gasteiger partial charge is 0.465 e. The van der Waals surface area contributed by atoms with Crippen molar-refractivity contribution in [3.63, 3.8) is 0 Å². The molecule has 0 heterocycles. The van der Waals surface area contributed by atoms with Crippen molar-refractivity contribution in [2.45, 2.75) is 40.8 Å². The number of ether oxygens (including phenoxy) is 4. The van der Waals surface area contributed by atoms with E-state index in [1.54, 1.807) is 37.5 Å². The predicted octanol–water partition coefficient (Wildman–Crippen LogP) is 3.85. The van der Waals surface area contributed by atoms with Gasteiger partial charge in [-0.15, -0.1) is 0 Å². The highest BCUT2D eigenvalue weighted by Gasteiger charge is 2.23. The van der Waals surface area contributed by atoms with Gasteiger partial charge in [-0.3, -0.25) is 29.0 Å². The molecule has 0 atom stereocenters. The Morgan fingerprint density at radius 3 is 0.929 bits per heavy atom. The molecule has 0 aliphatic rings. The van der Waals surface area contributed by atoms with Gasteiger partial charge in [0.25, 0.3) is 0 Å². The zero-order valence-corrected chi connectivity index (χ0v) is 24.9. The van der Waals surface area contributed by atoms with Crippen molar-refractivity contribution >= 4 is 45.4 Å². The van der Waals surface area contributed by atoms with Crippen LogP contribution in [0.5, 0.6) is 0 Å². The molecule has 0 radical (unpaired) electrons. The van der Waals surface area contributed by atoms with Crippen LogP contribution in [0.15, 0.2) is 48.5 Å².